The van der Waals surface area contributed by atoms with Crippen LogP contribution in [0.3, 0.4) is 0 Å². The third-order valence-corrected chi connectivity index (χ3v) is 4.16. The number of ether oxygens (including phenoxy) is 1. The van der Waals surface area contributed by atoms with Crippen LogP contribution in [0.15, 0.2) is 24.3 Å². The minimum absolute atomic E-state index is 0.130. The number of esters is 1. The lowest BCUT2D eigenvalue weighted by Crippen LogP contribution is -2.40. The van der Waals surface area contributed by atoms with Crippen LogP contribution in [0.5, 0.6) is 0 Å². The molecule has 1 unspecified atom stereocenters. The molecule has 1 atom stereocenters. The van der Waals surface area contributed by atoms with Gasteiger partial charge in [-0.1, -0.05) is 12.1 Å². The molecule has 5 heteroatoms. The molecule has 1 amide bonds. The predicted octanol–water partition coefficient (Wildman–Crippen LogP) is 1.89. The van der Waals surface area contributed by atoms with E-state index in [2.05, 4.69) is 11.9 Å². The molecule has 1 aliphatic heterocycles. The molecule has 1 aliphatic rings. The van der Waals surface area contributed by atoms with Gasteiger partial charge in [0.1, 0.15) is 0 Å². The van der Waals surface area contributed by atoms with E-state index in [0.29, 0.717) is 23.6 Å². The van der Waals surface area contributed by atoms with Crippen LogP contribution in [0.25, 0.3) is 0 Å². The SMILES string of the molecule is COC(=O)c1ccccc1C(=O)N(C)CC1CCCN(C)C1. The summed E-state index contributed by atoms with van der Waals surface area (Å²) in [6.07, 6.45) is 2.31. The molecule has 0 aliphatic carbocycles. The smallest absolute Gasteiger partial charge is 0.338 e. The average molecular weight is 304 g/mol. The first-order valence-corrected chi connectivity index (χ1v) is 7.64. The molecule has 1 saturated heterocycles. The van der Waals surface area contributed by atoms with Gasteiger partial charge in [0.05, 0.1) is 18.2 Å². The van der Waals surface area contributed by atoms with Gasteiger partial charge >= 0.3 is 5.97 Å². The first-order chi connectivity index (χ1) is 10.5. The number of carbonyl (C=O) groups is 2. The van der Waals surface area contributed by atoms with E-state index < -0.39 is 5.97 Å². The summed E-state index contributed by atoms with van der Waals surface area (Å²) in [6, 6.07) is 6.81. The topological polar surface area (TPSA) is 49.9 Å². The molecular weight excluding hydrogens is 280 g/mol. The van der Waals surface area contributed by atoms with Crippen molar-refractivity contribution in [3.05, 3.63) is 35.4 Å². The van der Waals surface area contributed by atoms with Gasteiger partial charge in [0, 0.05) is 20.1 Å². The molecule has 0 N–H and O–H groups in total. The Morgan fingerprint density at radius 3 is 2.64 bits per heavy atom. The van der Waals surface area contributed by atoms with Crippen LogP contribution in [0.1, 0.15) is 33.6 Å². The van der Waals surface area contributed by atoms with Crippen molar-refractivity contribution in [1.82, 2.24) is 9.80 Å². The number of benzene rings is 1. The summed E-state index contributed by atoms with van der Waals surface area (Å²) in [5, 5.41) is 0. The fourth-order valence-corrected chi connectivity index (χ4v) is 3.06. The van der Waals surface area contributed by atoms with E-state index in [0.717, 1.165) is 19.5 Å². The van der Waals surface area contributed by atoms with Crippen molar-refractivity contribution < 1.29 is 14.3 Å². The van der Waals surface area contributed by atoms with E-state index in [-0.39, 0.29) is 5.91 Å². The standard InChI is InChI=1S/C17H24N2O3/c1-18-10-6-7-13(11-18)12-19(2)16(20)14-8-4-5-9-15(14)17(21)22-3/h4-5,8-9,13H,6-7,10-12H2,1-3H3. The number of methoxy groups -OCH3 is 1. The van der Waals surface area contributed by atoms with Gasteiger partial charge in [-0.2, -0.15) is 0 Å². The first kappa shape index (κ1) is 16.5. The van der Waals surface area contributed by atoms with E-state index in [1.807, 2.05) is 0 Å². The van der Waals surface area contributed by atoms with Crippen LogP contribution in [-0.4, -0.2) is 62.5 Å². The van der Waals surface area contributed by atoms with Crippen LogP contribution in [0, 0.1) is 5.92 Å². The third kappa shape index (κ3) is 3.85. The van der Waals surface area contributed by atoms with Crippen LogP contribution < -0.4 is 0 Å². The zero-order chi connectivity index (χ0) is 16.1. The summed E-state index contributed by atoms with van der Waals surface area (Å²) in [4.78, 5) is 28.5. The molecule has 1 aromatic carbocycles. The van der Waals surface area contributed by atoms with Gasteiger partial charge in [0.25, 0.3) is 5.91 Å². The lowest BCUT2D eigenvalue weighted by molar-refractivity contribution is 0.0589. The maximum atomic E-state index is 12.6. The van der Waals surface area contributed by atoms with Crippen molar-refractivity contribution in [1.29, 1.82) is 0 Å². The normalized spacial score (nSPS) is 18.8. The Balaban J connectivity index is 2.09. The molecule has 0 aromatic heterocycles. The second kappa shape index (κ2) is 7.40. The highest BCUT2D eigenvalue weighted by atomic mass is 16.5. The first-order valence-electron chi connectivity index (χ1n) is 7.64. The lowest BCUT2D eigenvalue weighted by Gasteiger charge is -2.32. The van der Waals surface area contributed by atoms with Gasteiger partial charge in [-0.05, 0) is 44.5 Å². The Bertz CT molecular complexity index is 544. The molecule has 0 saturated carbocycles. The Morgan fingerprint density at radius 2 is 2.00 bits per heavy atom. The Morgan fingerprint density at radius 1 is 1.32 bits per heavy atom. The highest BCUT2D eigenvalue weighted by molar-refractivity contribution is 6.05. The van der Waals surface area contributed by atoms with E-state index >= 15 is 0 Å². The minimum Gasteiger partial charge on any atom is -0.465 e. The summed E-state index contributed by atoms with van der Waals surface area (Å²) >= 11 is 0. The number of carbonyl (C=O) groups excluding carboxylic acids is 2. The fraction of sp³-hybridized carbons (Fsp3) is 0.529. The number of hydrogen-bond acceptors (Lipinski definition) is 4. The lowest BCUT2D eigenvalue weighted by atomic mass is 9.97. The molecule has 1 heterocycles. The minimum atomic E-state index is -0.477. The molecule has 5 nitrogen and oxygen atoms in total. The summed E-state index contributed by atoms with van der Waals surface area (Å²) < 4.78 is 4.75. The summed E-state index contributed by atoms with van der Waals surface area (Å²) in [6.45, 7) is 2.84. The highest BCUT2D eigenvalue weighted by Crippen LogP contribution is 2.18. The van der Waals surface area contributed by atoms with Gasteiger partial charge in [-0.25, -0.2) is 4.79 Å². The monoisotopic (exact) mass is 304 g/mol. The van der Waals surface area contributed by atoms with Crippen molar-refractivity contribution in [3.63, 3.8) is 0 Å². The summed E-state index contributed by atoms with van der Waals surface area (Å²) in [5.74, 6) is -0.123. The van der Waals surface area contributed by atoms with Crippen molar-refractivity contribution in [2.75, 3.05) is 40.8 Å². The van der Waals surface area contributed by atoms with Crippen molar-refractivity contribution in [3.8, 4) is 0 Å². The summed E-state index contributed by atoms with van der Waals surface area (Å²) in [5.41, 5.74) is 0.726. The van der Waals surface area contributed by atoms with Crippen LogP contribution in [0.4, 0.5) is 0 Å². The molecule has 0 bridgehead atoms. The molecule has 1 fully saturated rings. The Kier molecular flexibility index (Phi) is 5.55. The van der Waals surface area contributed by atoms with Gasteiger partial charge in [0.2, 0.25) is 0 Å². The zero-order valence-electron chi connectivity index (χ0n) is 13.5. The molecule has 0 radical (unpaired) electrons. The molecule has 1 aromatic rings. The second-order valence-electron chi connectivity index (χ2n) is 5.99. The largest absolute Gasteiger partial charge is 0.465 e. The van der Waals surface area contributed by atoms with Crippen molar-refractivity contribution in [2.24, 2.45) is 5.92 Å². The van der Waals surface area contributed by atoms with Gasteiger partial charge < -0.3 is 14.5 Å². The molecular formula is C17H24N2O3. The maximum absolute atomic E-state index is 12.6. The Hall–Kier alpha value is -1.88. The number of rotatable bonds is 4. The molecule has 120 valence electrons. The van der Waals surface area contributed by atoms with E-state index in [4.69, 9.17) is 4.74 Å². The van der Waals surface area contributed by atoms with Crippen LogP contribution in [0.2, 0.25) is 0 Å². The van der Waals surface area contributed by atoms with Crippen molar-refractivity contribution >= 4 is 11.9 Å². The summed E-state index contributed by atoms with van der Waals surface area (Å²) in [7, 11) is 5.23. The maximum Gasteiger partial charge on any atom is 0.338 e. The van der Waals surface area contributed by atoms with Crippen molar-refractivity contribution in [2.45, 2.75) is 12.8 Å². The quantitative estimate of drug-likeness (QED) is 0.797. The van der Waals surface area contributed by atoms with E-state index in [9.17, 15) is 9.59 Å². The Labute approximate surface area is 131 Å². The van der Waals surface area contributed by atoms with Crippen LogP contribution >= 0.6 is 0 Å². The number of likely N-dealkylation sites (tertiary alicyclic amines) is 1. The predicted molar refractivity (Wildman–Crippen MR) is 85.0 cm³/mol. The second-order valence-corrected chi connectivity index (χ2v) is 5.99. The van der Waals surface area contributed by atoms with E-state index in [1.54, 1.807) is 36.2 Å². The van der Waals surface area contributed by atoms with Crippen LogP contribution in [-0.2, 0) is 4.74 Å². The number of piperidine rings is 1. The molecule has 22 heavy (non-hydrogen) atoms. The van der Waals surface area contributed by atoms with Gasteiger partial charge in [-0.15, -0.1) is 0 Å². The average Bonchev–Trinajstić information content (AvgIpc) is 2.53. The highest BCUT2D eigenvalue weighted by Gasteiger charge is 2.24. The molecule has 2 rings (SSSR count). The van der Waals surface area contributed by atoms with Gasteiger partial charge in [-0.3, -0.25) is 4.79 Å². The molecule has 0 spiro atoms. The number of nitrogens with zero attached hydrogens (tertiary/aromatic N) is 2. The number of amides is 1. The third-order valence-electron chi connectivity index (χ3n) is 4.16. The number of hydrogen-bond donors (Lipinski definition) is 0. The fourth-order valence-electron chi connectivity index (χ4n) is 3.06. The van der Waals surface area contributed by atoms with Gasteiger partial charge in [0.15, 0.2) is 0 Å². The zero-order valence-corrected chi connectivity index (χ0v) is 13.5. The van der Waals surface area contributed by atoms with E-state index in [1.165, 1.54) is 13.5 Å².